The molecule has 0 radical (unpaired) electrons. The maximum Gasteiger partial charge on any atom is 0.112 e. The summed E-state index contributed by atoms with van der Waals surface area (Å²) in [5, 5.41) is 0. The minimum atomic E-state index is 0.351. The fraction of sp³-hybridized carbons (Fsp3) is 0.474. The van der Waals surface area contributed by atoms with Gasteiger partial charge in [-0.15, -0.1) is 0 Å². The average Bonchev–Trinajstić information content (AvgIpc) is 3.30. The van der Waals surface area contributed by atoms with Crippen molar-refractivity contribution in [2.45, 2.75) is 31.5 Å². The van der Waals surface area contributed by atoms with E-state index in [0.29, 0.717) is 12.2 Å². The van der Waals surface area contributed by atoms with Crippen molar-refractivity contribution in [3.8, 4) is 0 Å². The molecular weight excluding hydrogens is 272 g/mol. The maximum absolute atomic E-state index is 5.81. The summed E-state index contributed by atoms with van der Waals surface area (Å²) >= 11 is 0. The van der Waals surface area contributed by atoms with Gasteiger partial charge in [0.15, 0.2) is 0 Å². The van der Waals surface area contributed by atoms with Gasteiger partial charge < -0.3 is 14.5 Å². The molecule has 22 heavy (non-hydrogen) atoms. The second-order valence-electron chi connectivity index (χ2n) is 6.73. The fourth-order valence-electron chi connectivity index (χ4n) is 3.69. The van der Waals surface area contributed by atoms with Gasteiger partial charge in [-0.05, 0) is 63.2 Å². The minimum Gasteiger partial charge on any atom is -0.360 e. The SMILES string of the molecule is CN(C)CCCN1C2=C(CCc3ccccc31)C1OC1C=C2. The smallest absolute Gasteiger partial charge is 0.112 e. The number of nitrogens with zero attached hydrogens (tertiary/aromatic N) is 2. The molecule has 1 aromatic carbocycles. The van der Waals surface area contributed by atoms with Crippen LogP contribution in [0, 0.1) is 0 Å². The Hall–Kier alpha value is -1.58. The number of anilines is 1. The van der Waals surface area contributed by atoms with Crippen molar-refractivity contribution < 1.29 is 4.74 Å². The molecule has 2 unspecified atom stereocenters. The molecule has 116 valence electrons. The Morgan fingerprint density at radius 2 is 2.09 bits per heavy atom. The number of fused-ring (bicyclic) bond motifs is 3. The van der Waals surface area contributed by atoms with E-state index >= 15 is 0 Å². The van der Waals surface area contributed by atoms with Crippen LogP contribution in [-0.4, -0.2) is 44.3 Å². The predicted octanol–water partition coefficient (Wildman–Crippen LogP) is 2.98. The molecule has 2 heterocycles. The molecule has 1 aromatic rings. The molecule has 0 aromatic heterocycles. The Labute approximate surface area is 132 Å². The number of allylic oxidation sites excluding steroid dienone is 1. The van der Waals surface area contributed by atoms with E-state index < -0.39 is 0 Å². The van der Waals surface area contributed by atoms with Gasteiger partial charge in [0.2, 0.25) is 0 Å². The molecule has 0 saturated carbocycles. The molecule has 0 bridgehead atoms. The van der Waals surface area contributed by atoms with E-state index in [4.69, 9.17) is 4.74 Å². The Morgan fingerprint density at radius 1 is 1.23 bits per heavy atom. The number of ether oxygens (including phenoxy) is 1. The number of epoxide rings is 1. The highest BCUT2D eigenvalue weighted by Crippen LogP contribution is 2.43. The van der Waals surface area contributed by atoms with Crippen LogP contribution in [0.2, 0.25) is 0 Å². The molecule has 2 aliphatic heterocycles. The Kier molecular flexibility index (Phi) is 3.55. The van der Waals surface area contributed by atoms with Crippen molar-refractivity contribution in [3.63, 3.8) is 0 Å². The molecule has 1 saturated heterocycles. The predicted molar refractivity (Wildman–Crippen MR) is 90.1 cm³/mol. The third kappa shape index (κ3) is 2.49. The van der Waals surface area contributed by atoms with E-state index in [1.54, 1.807) is 0 Å². The molecule has 0 amide bonds. The van der Waals surface area contributed by atoms with Crippen LogP contribution in [0.15, 0.2) is 47.7 Å². The average molecular weight is 296 g/mol. The summed E-state index contributed by atoms with van der Waals surface area (Å²) in [4.78, 5) is 4.78. The van der Waals surface area contributed by atoms with E-state index in [0.717, 1.165) is 25.9 Å². The summed E-state index contributed by atoms with van der Waals surface area (Å²) in [6.07, 6.45) is 8.65. The summed E-state index contributed by atoms with van der Waals surface area (Å²) in [6, 6.07) is 8.87. The molecule has 0 spiro atoms. The normalized spacial score (nSPS) is 25.7. The quantitative estimate of drug-likeness (QED) is 0.796. The van der Waals surface area contributed by atoms with Crippen LogP contribution in [0.3, 0.4) is 0 Å². The van der Waals surface area contributed by atoms with E-state index in [1.807, 2.05) is 0 Å². The van der Waals surface area contributed by atoms with Crippen LogP contribution < -0.4 is 4.90 Å². The van der Waals surface area contributed by atoms with E-state index in [2.05, 4.69) is 60.3 Å². The highest BCUT2D eigenvalue weighted by atomic mass is 16.6. The van der Waals surface area contributed by atoms with Crippen LogP contribution in [0.4, 0.5) is 5.69 Å². The summed E-state index contributed by atoms with van der Waals surface area (Å²) in [7, 11) is 4.29. The first-order valence-electron chi connectivity index (χ1n) is 8.31. The minimum absolute atomic E-state index is 0.351. The lowest BCUT2D eigenvalue weighted by Crippen LogP contribution is -2.28. The Balaban J connectivity index is 1.67. The van der Waals surface area contributed by atoms with E-state index in [1.165, 1.54) is 28.9 Å². The van der Waals surface area contributed by atoms with Crippen molar-refractivity contribution in [2.75, 3.05) is 32.1 Å². The Morgan fingerprint density at radius 3 is 2.95 bits per heavy atom. The van der Waals surface area contributed by atoms with Gasteiger partial charge in [0.25, 0.3) is 0 Å². The Bertz CT molecular complexity index is 632. The first-order chi connectivity index (χ1) is 10.7. The van der Waals surface area contributed by atoms with E-state index in [-0.39, 0.29) is 0 Å². The van der Waals surface area contributed by atoms with Gasteiger partial charge in [-0.25, -0.2) is 0 Å². The molecule has 3 nitrogen and oxygen atoms in total. The first kappa shape index (κ1) is 14.0. The van der Waals surface area contributed by atoms with Crippen LogP contribution >= 0.6 is 0 Å². The largest absolute Gasteiger partial charge is 0.360 e. The molecule has 4 rings (SSSR count). The van der Waals surface area contributed by atoms with Gasteiger partial charge in [-0.2, -0.15) is 0 Å². The van der Waals surface area contributed by atoms with Crippen LogP contribution in [-0.2, 0) is 11.2 Å². The third-order valence-electron chi connectivity index (χ3n) is 4.87. The zero-order valence-corrected chi connectivity index (χ0v) is 13.5. The molecule has 2 atom stereocenters. The highest BCUT2D eigenvalue weighted by molar-refractivity contribution is 5.64. The van der Waals surface area contributed by atoms with Gasteiger partial charge in [0, 0.05) is 17.9 Å². The second kappa shape index (κ2) is 5.56. The summed E-state index contributed by atoms with van der Waals surface area (Å²) < 4.78 is 5.81. The lowest BCUT2D eigenvalue weighted by molar-refractivity contribution is 0.401. The maximum atomic E-state index is 5.81. The molecule has 1 fully saturated rings. The molecule has 3 aliphatic rings. The molecule has 3 heteroatoms. The lowest BCUT2D eigenvalue weighted by atomic mass is 9.97. The van der Waals surface area contributed by atoms with Gasteiger partial charge in [0.05, 0.1) is 0 Å². The molecule has 1 aliphatic carbocycles. The number of hydrogen-bond donors (Lipinski definition) is 0. The van der Waals surface area contributed by atoms with E-state index in [9.17, 15) is 0 Å². The standard InChI is InChI=1S/C19H24N2O/c1-20(2)12-5-13-21-16-7-4-3-6-14(16)8-9-15-17(21)10-11-18-19(15)22-18/h3-4,6-7,10-11,18-19H,5,8-9,12-13H2,1-2H3. The number of benzene rings is 1. The monoisotopic (exact) mass is 296 g/mol. The van der Waals surface area contributed by atoms with Gasteiger partial charge in [-0.3, -0.25) is 0 Å². The zero-order chi connectivity index (χ0) is 15.1. The van der Waals surface area contributed by atoms with Gasteiger partial charge in [0.1, 0.15) is 12.2 Å². The highest BCUT2D eigenvalue weighted by Gasteiger charge is 2.44. The zero-order valence-electron chi connectivity index (χ0n) is 13.5. The van der Waals surface area contributed by atoms with Crippen LogP contribution in [0.5, 0.6) is 0 Å². The van der Waals surface area contributed by atoms with Crippen molar-refractivity contribution in [2.24, 2.45) is 0 Å². The number of para-hydroxylation sites is 1. The van der Waals surface area contributed by atoms with Gasteiger partial charge in [-0.1, -0.05) is 24.3 Å². The number of rotatable bonds is 4. The van der Waals surface area contributed by atoms with Crippen molar-refractivity contribution >= 4 is 5.69 Å². The second-order valence-corrected chi connectivity index (χ2v) is 6.73. The van der Waals surface area contributed by atoms with Gasteiger partial charge >= 0.3 is 0 Å². The van der Waals surface area contributed by atoms with Crippen molar-refractivity contribution in [1.29, 1.82) is 0 Å². The number of aryl methyl sites for hydroxylation is 1. The summed E-state index contributed by atoms with van der Waals surface area (Å²) in [6.45, 7) is 2.18. The number of hydrogen-bond acceptors (Lipinski definition) is 3. The van der Waals surface area contributed by atoms with Crippen molar-refractivity contribution in [1.82, 2.24) is 4.90 Å². The molecular formula is C19H24N2O. The van der Waals surface area contributed by atoms with Crippen LogP contribution in [0.1, 0.15) is 18.4 Å². The van der Waals surface area contributed by atoms with Crippen molar-refractivity contribution in [3.05, 3.63) is 53.3 Å². The summed E-state index contributed by atoms with van der Waals surface area (Å²) in [5.41, 5.74) is 5.75. The third-order valence-corrected chi connectivity index (χ3v) is 4.87. The first-order valence-corrected chi connectivity index (χ1v) is 8.31. The summed E-state index contributed by atoms with van der Waals surface area (Å²) in [5.74, 6) is 0. The molecule has 0 N–H and O–H groups in total. The fourth-order valence-corrected chi connectivity index (χ4v) is 3.69. The topological polar surface area (TPSA) is 19.0 Å². The lowest BCUT2D eigenvalue weighted by Gasteiger charge is -2.29. The van der Waals surface area contributed by atoms with Crippen LogP contribution in [0.25, 0.3) is 0 Å².